The van der Waals surface area contributed by atoms with Crippen molar-refractivity contribution < 1.29 is 9.90 Å². The van der Waals surface area contributed by atoms with Crippen LogP contribution in [0.4, 0.5) is 0 Å². The van der Waals surface area contributed by atoms with Gasteiger partial charge in [0, 0.05) is 5.75 Å². The standard InChI is InChI=1S/C9H10O2S/c10-6-9(11)12-7-8-4-2-1-3-5-8/h1-5,10H,6-7H2. The van der Waals surface area contributed by atoms with Gasteiger partial charge in [0.05, 0.1) is 0 Å². The average molecular weight is 182 g/mol. The largest absolute Gasteiger partial charge is 0.388 e. The van der Waals surface area contributed by atoms with Crippen LogP contribution in [-0.4, -0.2) is 16.8 Å². The van der Waals surface area contributed by atoms with E-state index in [4.69, 9.17) is 5.11 Å². The van der Waals surface area contributed by atoms with Gasteiger partial charge in [0.15, 0.2) is 0 Å². The van der Waals surface area contributed by atoms with E-state index in [0.717, 1.165) is 17.3 Å². The quantitative estimate of drug-likeness (QED) is 0.768. The van der Waals surface area contributed by atoms with Crippen molar-refractivity contribution in [1.29, 1.82) is 0 Å². The Morgan fingerprint density at radius 3 is 2.58 bits per heavy atom. The average Bonchev–Trinajstić information content (AvgIpc) is 2.16. The summed E-state index contributed by atoms with van der Waals surface area (Å²) in [5, 5.41) is 8.26. The Hall–Kier alpha value is -0.800. The Morgan fingerprint density at radius 2 is 2.00 bits per heavy atom. The Bertz CT molecular complexity index is 246. The predicted molar refractivity (Wildman–Crippen MR) is 49.8 cm³/mol. The zero-order valence-electron chi connectivity index (χ0n) is 6.56. The van der Waals surface area contributed by atoms with Gasteiger partial charge in [-0.2, -0.15) is 0 Å². The monoisotopic (exact) mass is 182 g/mol. The van der Waals surface area contributed by atoms with Crippen molar-refractivity contribution in [2.75, 3.05) is 6.61 Å². The molecule has 0 heterocycles. The van der Waals surface area contributed by atoms with Crippen LogP contribution in [-0.2, 0) is 10.5 Å². The second-order valence-corrected chi connectivity index (χ2v) is 3.34. The van der Waals surface area contributed by atoms with Crippen LogP contribution in [0.3, 0.4) is 0 Å². The van der Waals surface area contributed by atoms with Gasteiger partial charge in [-0.3, -0.25) is 4.79 Å². The van der Waals surface area contributed by atoms with Crippen molar-refractivity contribution in [1.82, 2.24) is 0 Å². The zero-order chi connectivity index (χ0) is 8.81. The maximum absolute atomic E-state index is 10.7. The highest BCUT2D eigenvalue weighted by atomic mass is 32.2. The maximum atomic E-state index is 10.7. The van der Waals surface area contributed by atoms with Gasteiger partial charge in [-0.1, -0.05) is 42.1 Å². The molecule has 0 aromatic heterocycles. The van der Waals surface area contributed by atoms with Crippen molar-refractivity contribution in [3.63, 3.8) is 0 Å². The van der Waals surface area contributed by atoms with E-state index in [2.05, 4.69) is 0 Å². The second kappa shape index (κ2) is 4.95. The molecule has 3 heteroatoms. The minimum absolute atomic E-state index is 0.182. The molecule has 0 radical (unpaired) electrons. The first-order chi connectivity index (χ1) is 5.83. The van der Waals surface area contributed by atoms with Crippen LogP contribution in [0.15, 0.2) is 30.3 Å². The van der Waals surface area contributed by atoms with Gasteiger partial charge in [0.2, 0.25) is 5.12 Å². The molecule has 64 valence electrons. The third kappa shape index (κ3) is 3.07. The minimum atomic E-state index is -0.377. The molecule has 0 saturated heterocycles. The number of rotatable bonds is 3. The first kappa shape index (κ1) is 9.29. The molecule has 0 aliphatic carbocycles. The summed E-state index contributed by atoms with van der Waals surface area (Å²) in [6, 6.07) is 9.70. The van der Waals surface area contributed by atoms with E-state index >= 15 is 0 Å². The fraction of sp³-hybridized carbons (Fsp3) is 0.222. The SMILES string of the molecule is O=C(CO)SCc1ccccc1. The van der Waals surface area contributed by atoms with E-state index in [1.165, 1.54) is 0 Å². The Kier molecular flexibility index (Phi) is 3.84. The van der Waals surface area contributed by atoms with Gasteiger partial charge in [-0.25, -0.2) is 0 Å². The van der Waals surface area contributed by atoms with Gasteiger partial charge in [-0.05, 0) is 5.56 Å². The first-order valence-corrected chi connectivity index (χ1v) is 4.62. The summed E-state index contributed by atoms with van der Waals surface area (Å²) < 4.78 is 0. The molecule has 0 aliphatic heterocycles. The summed E-state index contributed by atoms with van der Waals surface area (Å²) in [5.74, 6) is 0.639. The Balaban J connectivity index is 2.38. The number of aliphatic hydroxyl groups is 1. The summed E-state index contributed by atoms with van der Waals surface area (Å²) in [4.78, 5) is 10.7. The molecule has 1 N–H and O–H groups in total. The number of carbonyl (C=O) groups excluding carboxylic acids is 1. The van der Waals surface area contributed by atoms with Crippen LogP contribution in [0.5, 0.6) is 0 Å². The van der Waals surface area contributed by atoms with E-state index in [1.54, 1.807) is 0 Å². The Morgan fingerprint density at radius 1 is 1.33 bits per heavy atom. The number of thioether (sulfide) groups is 1. The molecule has 0 saturated carbocycles. The number of hydrogen-bond donors (Lipinski definition) is 1. The molecule has 12 heavy (non-hydrogen) atoms. The molecule has 1 aromatic carbocycles. The van der Waals surface area contributed by atoms with E-state index in [1.807, 2.05) is 30.3 Å². The van der Waals surface area contributed by atoms with Crippen LogP contribution in [0, 0.1) is 0 Å². The van der Waals surface area contributed by atoms with Crippen molar-refractivity contribution in [2.24, 2.45) is 0 Å². The summed E-state index contributed by atoms with van der Waals surface area (Å²) in [7, 11) is 0. The van der Waals surface area contributed by atoms with Crippen molar-refractivity contribution >= 4 is 16.9 Å². The fourth-order valence-electron chi connectivity index (χ4n) is 0.784. The molecule has 0 fully saturated rings. The minimum Gasteiger partial charge on any atom is -0.388 e. The van der Waals surface area contributed by atoms with Crippen LogP contribution in [0.2, 0.25) is 0 Å². The topological polar surface area (TPSA) is 37.3 Å². The summed E-state index contributed by atoms with van der Waals surface area (Å²) >= 11 is 1.14. The molecule has 0 aliphatic rings. The number of carbonyl (C=O) groups is 1. The van der Waals surface area contributed by atoms with Crippen molar-refractivity contribution in [2.45, 2.75) is 5.75 Å². The molecule has 0 bridgehead atoms. The van der Waals surface area contributed by atoms with Crippen LogP contribution < -0.4 is 0 Å². The van der Waals surface area contributed by atoms with Crippen LogP contribution >= 0.6 is 11.8 Å². The highest BCUT2D eigenvalue weighted by molar-refractivity contribution is 8.13. The number of hydrogen-bond acceptors (Lipinski definition) is 3. The highest BCUT2D eigenvalue weighted by Crippen LogP contribution is 2.11. The lowest BCUT2D eigenvalue weighted by Gasteiger charge is -1.97. The van der Waals surface area contributed by atoms with Crippen LogP contribution in [0.25, 0.3) is 0 Å². The van der Waals surface area contributed by atoms with Gasteiger partial charge < -0.3 is 5.11 Å². The molecule has 0 spiro atoms. The fourth-order valence-corrected chi connectivity index (χ4v) is 1.40. The smallest absolute Gasteiger partial charge is 0.214 e. The molecule has 0 unspecified atom stereocenters. The third-order valence-corrected chi connectivity index (χ3v) is 2.30. The third-order valence-electron chi connectivity index (χ3n) is 1.37. The maximum Gasteiger partial charge on any atom is 0.214 e. The van der Waals surface area contributed by atoms with Gasteiger partial charge >= 0.3 is 0 Å². The summed E-state index contributed by atoms with van der Waals surface area (Å²) in [5.41, 5.74) is 1.10. The molecule has 0 amide bonds. The van der Waals surface area contributed by atoms with Gasteiger partial charge in [0.25, 0.3) is 0 Å². The molecule has 1 rings (SSSR count). The van der Waals surface area contributed by atoms with Gasteiger partial charge in [0.1, 0.15) is 6.61 Å². The number of benzene rings is 1. The highest BCUT2D eigenvalue weighted by Gasteiger charge is 1.99. The van der Waals surface area contributed by atoms with E-state index < -0.39 is 0 Å². The lowest BCUT2D eigenvalue weighted by atomic mass is 10.2. The molecular weight excluding hydrogens is 172 g/mol. The van der Waals surface area contributed by atoms with Crippen LogP contribution in [0.1, 0.15) is 5.56 Å². The van der Waals surface area contributed by atoms with E-state index in [-0.39, 0.29) is 11.7 Å². The normalized spacial score (nSPS) is 9.75. The van der Waals surface area contributed by atoms with Crippen molar-refractivity contribution in [3.05, 3.63) is 35.9 Å². The van der Waals surface area contributed by atoms with Crippen molar-refractivity contribution in [3.8, 4) is 0 Å². The number of aliphatic hydroxyl groups excluding tert-OH is 1. The lowest BCUT2D eigenvalue weighted by Crippen LogP contribution is -1.97. The van der Waals surface area contributed by atoms with Gasteiger partial charge in [-0.15, -0.1) is 0 Å². The van der Waals surface area contributed by atoms with E-state index in [0.29, 0.717) is 5.75 Å². The molecule has 2 nitrogen and oxygen atoms in total. The molecule has 0 atom stereocenters. The predicted octanol–water partition coefficient (Wildman–Crippen LogP) is 1.44. The lowest BCUT2D eigenvalue weighted by molar-refractivity contribution is -0.113. The first-order valence-electron chi connectivity index (χ1n) is 3.63. The zero-order valence-corrected chi connectivity index (χ0v) is 7.38. The summed E-state index contributed by atoms with van der Waals surface area (Å²) in [6.45, 7) is -0.377. The summed E-state index contributed by atoms with van der Waals surface area (Å²) in [6.07, 6.45) is 0. The molecular formula is C9H10O2S. The second-order valence-electron chi connectivity index (χ2n) is 2.30. The van der Waals surface area contributed by atoms with E-state index in [9.17, 15) is 4.79 Å². The Labute approximate surface area is 75.6 Å². The molecule has 1 aromatic rings.